The van der Waals surface area contributed by atoms with E-state index in [2.05, 4.69) is 0 Å². The van der Waals surface area contributed by atoms with E-state index in [-0.39, 0.29) is 5.97 Å². The summed E-state index contributed by atoms with van der Waals surface area (Å²) in [4.78, 5) is 11.6. The Bertz CT molecular complexity index is 344. The predicted molar refractivity (Wildman–Crippen MR) is 62.0 cm³/mol. The van der Waals surface area contributed by atoms with Gasteiger partial charge in [-0.2, -0.15) is 0 Å². The van der Waals surface area contributed by atoms with Crippen LogP contribution in [0.3, 0.4) is 0 Å². The minimum absolute atomic E-state index is 0.225. The molecule has 1 aliphatic rings. The lowest BCUT2D eigenvalue weighted by Crippen LogP contribution is -2.33. The number of nitrogens with two attached hydrogens (primary N) is 1. The van der Waals surface area contributed by atoms with E-state index in [1.807, 2.05) is 18.2 Å². The fourth-order valence-corrected chi connectivity index (χ4v) is 2.05. The van der Waals surface area contributed by atoms with Gasteiger partial charge in [-0.05, 0) is 43.4 Å². The first-order valence-electron chi connectivity index (χ1n) is 5.72. The maximum Gasteiger partial charge on any atom is 0.338 e. The van der Waals surface area contributed by atoms with E-state index in [9.17, 15) is 4.79 Å². The number of carbonyl (C=O) groups is 1. The zero-order chi connectivity index (χ0) is 11.4. The molecular formula is C13H17NO2. The average molecular weight is 219 g/mol. The van der Waals surface area contributed by atoms with Gasteiger partial charge in [0.25, 0.3) is 0 Å². The standard InChI is InChI=1S/C13H17NO2/c14-8-10-6-11(7-10)9-16-13(15)12-4-2-1-3-5-12/h1-5,10-11H,6-9,14H2. The van der Waals surface area contributed by atoms with Gasteiger partial charge in [0.2, 0.25) is 0 Å². The number of esters is 1. The molecule has 2 rings (SSSR count). The summed E-state index contributed by atoms with van der Waals surface area (Å²) >= 11 is 0. The first kappa shape index (κ1) is 11.1. The van der Waals surface area contributed by atoms with Crippen LogP contribution in [-0.4, -0.2) is 19.1 Å². The molecule has 1 saturated carbocycles. The molecule has 1 fully saturated rings. The number of hydrogen-bond donors (Lipinski definition) is 1. The van der Waals surface area contributed by atoms with Gasteiger partial charge in [0.05, 0.1) is 12.2 Å². The Hall–Kier alpha value is -1.35. The fourth-order valence-electron chi connectivity index (χ4n) is 2.05. The van der Waals surface area contributed by atoms with E-state index in [0.29, 0.717) is 24.0 Å². The average Bonchev–Trinajstić information content (AvgIpc) is 2.28. The monoisotopic (exact) mass is 219 g/mol. The molecular weight excluding hydrogens is 202 g/mol. The molecule has 3 heteroatoms. The molecule has 2 N–H and O–H groups in total. The van der Waals surface area contributed by atoms with Crippen molar-refractivity contribution in [2.24, 2.45) is 17.6 Å². The lowest BCUT2D eigenvalue weighted by atomic mass is 9.75. The van der Waals surface area contributed by atoms with Gasteiger partial charge < -0.3 is 10.5 Å². The van der Waals surface area contributed by atoms with Crippen molar-refractivity contribution in [2.75, 3.05) is 13.2 Å². The van der Waals surface area contributed by atoms with E-state index < -0.39 is 0 Å². The molecule has 0 unspecified atom stereocenters. The Labute approximate surface area is 95.6 Å². The van der Waals surface area contributed by atoms with Gasteiger partial charge in [0.15, 0.2) is 0 Å². The van der Waals surface area contributed by atoms with E-state index in [4.69, 9.17) is 10.5 Å². The molecule has 86 valence electrons. The molecule has 0 aromatic heterocycles. The molecule has 1 aromatic carbocycles. The summed E-state index contributed by atoms with van der Waals surface area (Å²) < 4.78 is 5.25. The summed E-state index contributed by atoms with van der Waals surface area (Å²) in [5.74, 6) is 0.929. The zero-order valence-electron chi connectivity index (χ0n) is 9.26. The van der Waals surface area contributed by atoms with Crippen molar-refractivity contribution >= 4 is 5.97 Å². The molecule has 1 aliphatic carbocycles. The molecule has 0 spiro atoms. The van der Waals surface area contributed by atoms with Crippen molar-refractivity contribution in [1.29, 1.82) is 0 Å². The summed E-state index contributed by atoms with van der Waals surface area (Å²) in [7, 11) is 0. The van der Waals surface area contributed by atoms with Crippen LogP contribution >= 0.6 is 0 Å². The molecule has 0 amide bonds. The van der Waals surface area contributed by atoms with Crippen molar-refractivity contribution in [2.45, 2.75) is 12.8 Å². The minimum atomic E-state index is -0.225. The van der Waals surface area contributed by atoms with Gasteiger partial charge in [-0.1, -0.05) is 18.2 Å². The highest BCUT2D eigenvalue weighted by Crippen LogP contribution is 2.32. The third kappa shape index (κ3) is 2.61. The van der Waals surface area contributed by atoms with E-state index >= 15 is 0 Å². The second kappa shape index (κ2) is 5.12. The third-order valence-corrected chi connectivity index (χ3v) is 3.13. The SMILES string of the molecule is NCC1CC(COC(=O)c2ccccc2)C1. The maximum absolute atomic E-state index is 11.6. The topological polar surface area (TPSA) is 52.3 Å². The Morgan fingerprint density at radius 1 is 1.25 bits per heavy atom. The van der Waals surface area contributed by atoms with Gasteiger partial charge in [-0.15, -0.1) is 0 Å². The molecule has 3 nitrogen and oxygen atoms in total. The van der Waals surface area contributed by atoms with Crippen molar-refractivity contribution in [3.8, 4) is 0 Å². The van der Waals surface area contributed by atoms with Crippen LogP contribution in [0.5, 0.6) is 0 Å². The number of benzene rings is 1. The molecule has 0 heterocycles. The quantitative estimate of drug-likeness (QED) is 0.786. The zero-order valence-corrected chi connectivity index (χ0v) is 9.26. The molecule has 1 aromatic rings. The molecule has 0 radical (unpaired) electrons. The fraction of sp³-hybridized carbons (Fsp3) is 0.462. The molecule has 0 bridgehead atoms. The number of hydrogen-bond acceptors (Lipinski definition) is 3. The third-order valence-electron chi connectivity index (χ3n) is 3.13. The van der Waals surface area contributed by atoms with Crippen LogP contribution in [0.1, 0.15) is 23.2 Å². The Kier molecular flexibility index (Phi) is 3.57. The summed E-state index contributed by atoms with van der Waals surface area (Å²) in [5.41, 5.74) is 6.16. The minimum Gasteiger partial charge on any atom is -0.462 e. The molecule has 0 aliphatic heterocycles. The highest BCUT2D eigenvalue weighted by atomic mass is 16.5. The summed E-state index contributed by atoms with van der Waals surface area (Å²) in [5, 5.41) is 0. The van der Waals surface area contributed by atoms with Crippen LogP contribution in [0.15, 0.2) is 30.3 Å². The van der Waals surface area contributed by atoms with E-state index in [0.717, 1.165) is 19.4 Å². The van der Waals surface area contributed by atoms with Crippen molar-refractivity contribution in [3.05, 3.63) is 35.9 Å². The Balaban J connectivity index is 1.73. The van der Waals surface area contributed by atoms with Crippen LogP contribution in [0.2, 0.25) is 0 Å². The largest absolute Gasteiger partial charge is 0.462 e. The normalized spacial score (nSPS) is 23.6. The van der Waals surface area contributed by atoms with Gasteiger partial charge in [-0.25, -0.2) is 4.79 Å². The highest BCUT2D eigenvalue weighted by molar-refractivity contribution is 5.89. The Morgan fingerprint density at radius 3 is 2.56 bits per heavy atom. The lowest BCUT2D eigenvalue weighted by Gasteiger charge is -2.33. The van der Waals surface area contributed by atoms with Crippen LogP contribution in [-0.2, 0) is 4.74 Å². The summed E-state index contributed by atoms with van der Waals surface area (Å²) in [6, 6.07) is 9.10. The van der Waals surface area contributed by atoms with Crippen LogP contribution in [0.25, 0.3) is 0 Å². The highest BCUT2D eigenvalue weighted by Gasteiger charge is 2.28. The van der Waals surface area contributed by atoms with Crippen LogP contribution < -0.4 is 5.73 Å². The smallest absolute Gasteiger partial charge is 0.338 e. The second-order valence-corrected chi connectivity index (χ2v) is 4.40. The number of rotatable bonds is 4. The van der Waals surface area contributed by atoms with Gasteiger partial charge in [0, 0.05) is 0 Å². The van der Waals surface area contributed by atoms with Crippen LogP contribution in [0, 0.1) is 11.8 Å². The Morgan fingerprint density at radius 2 is 1.94 bits per heavy atom. The number of ether oxygens (including phenoxy) is 1. The van der Waals surface area contributed by atoms with Gasteiger partial charge in [-0.3, -0.25) is 0 Å². The number of carbonyl (C=O) groups excluding carboxylic acids is 1. The van der Waals surface area contributed by atoms with E-state index in [1.165, 1.54) is 0 Å². The predicted octanol–water partition coefficient (Wildman–Crippen LogP) is 1.83. The van der Waals surface area contributed by atoms with Crippen LogP contribution in [0.4, 0.5) is 0 Å². The lowest BCUT2D eigenvalue weighted by molar-refractivity contribution is 0.0295. The molecule has 0 saturated heterocycles. The van der Waals surface area contributed by atoms with Crippen molar-refractivity contribution in [1.82, 2.24) is 0 Å². The summed E-state index contributed by atoms with van der Waals surface area (Å²) in [6.07, 6.45) is 2.19. The van der Waals surface area contributed by atoms with Gasteiger partial charge >= 0.3 is 5.97 Å². The molecule has 16 heavy (non-hydrogen) atoms. The second-order valence-electron chi connectivity index (χ2n) is 4.40. The summed E-state index contributed by atoms with van der Waals surface area (Å²) in [6.45, 7) is 1.29. The van der Waals surface area contributed by atoms with Crippen molar-refractivity contribution < 1.29 is 9.53 Å². The first-order chi connectivity index (χ1) is 7.79. The van der Waals surface area contributed by atoms with Crippen molar-refractivity contribution in [3.63, 3.8) is 0 Å². The maximum atomic E-state index is 11.6. The van der Waals surface area contributed by atoms with E-state index in [1.54, 1.807) is 12.1 Å². The first-order valence-corrected chi connectivity index (χ1v) is 5.72. The molecule has 0 atom stereocenters. The van der Waals surface area contributed by atoms with Gasteiger partial charge in [0.1, 0.15) is 0 Å².